The largest absolute Gasteiger partial charge is 0.498 e. The van der Waals surface area contributed by atoms with Crippen LogP contribution >= 0.6 is 11.6 Å². The van der Waals surface area contributed by atoms with Crippen LogP contribution in [0, 0.1) is 0 Å². The maximum Gasteiger partial charge on any atom is 0.498 e. The molecule has 14 heteroatoms. The third-order valence-electron chi connectivity index (χ3n) is 10.2. The zero-order valence-electron chi connectivity index (χ0n) is 28.8. The van der Waals surface area contributed by atoms with Gasteiger partial charge < -0.3 is 29.7 Å². The van der Waals surface area contributed by atoms with Gasteiger partial charge in [-0.1, -0.05) is 11.6 Å². The number of hydrogen-bond donors (Lipinski definition) is 2. The molecule has 3 saturated heterocycles. The average molecular weight is 673 g/mol. The number of fused-ring (bicyclic) bond motifs is 8. The normalized spacial score (nSPS) is 22.1. The Morgan fingerprint density at radius 2 is 1.35 bits per heavy atom. The zero-order chi connectivity index (χ0) is 33.6. The Balaban J connectivity index is 0.000000116. The molecule has 9 rings (SSSR count). The fourth-order valence-corrected chi connectivity index (χ4v) is 6.81. The van der Waals surface area contributed by atoms with Gasteiger partial charge in [-0.15, -0.1) is 0 Å². The Morgan fingerprint density at radius 3 is 1.94 bits per heavy atom. The van der Waals surface area contributed by atoms with Crippen LogP contribution in [-0.4, -0.2) is 86.1 Å². The monoisotopic (exact) mass is 672 g/mol. The summed E-state index contributed by atoms with van der Waals surface area (Å²) in [5.41, 5.74) is 4.92. The second kappa shape index (κ2) is 12.9. The molecule has 0 unspecified atom stereocenters. The molecule has 4 aromatic heterocycles. The molecular formula is C34H46BClN10O2. The minimum absolute atomic E-state index is 0.286. The number of nitrogens with one attached hydrogen (secondary N) is 2. The van der Waals surface area contributed by atoms with Gasteiger partial charge in [0.15, 0.2) is 11.6 Å². The van der Waals surface area contributed by atoms with Crippen molar-refractivity contribution >= 4 is 47.2 Å². The van der Waals surface area contributed by atoms with Gasteiger partial charge >= 0.3 is 7.12 Å². The van der Waals surface area contributed by atoms with Crippen LogP contribution in [0.5, 0.6) is 0 Å². The van der Waals surface area contributed by atoms with Crippen molar-refractivity contribution < 1.29 is 9.31 Å². The van der Waals surface area contributed by atoms with E-state index in [1.54, 1.807) is 0 Å². The van der Waals surface area contributed by atoms with Crippen molar-refractivity contribution in [3.8, 4) is 11.3 Å². The highest BCUT2D eigenvalue weighted by Crippen LogP contribution is 2.37. The third kappa shape index (κ3) is 6.47. The topological polar surface area (TPSA) is 110 Å². The Kier molecular flexibility index (Phi) is 8.80. The molecule has 12 nitrogen and oxygen atoms in total. The molecule has 2 N–H and O–H groups in total. The van der Waals surface area contributed by atoms with Crippen LogP contribution in [0.4, 0.5) is 23.0 Å². The van der Waals surface area contributed by atoms with Crippen molar-refractivity contribution in [1.82, 2.24) is 29.5 Å². The number of hydrogen-bond acceptors (Lipinski definition) is 10. The Labute approximate surface area is 288 Å². The van der Waals surface area contributed by atoms with E-state index in [1.807, 2.05) is 46.3 Å². The number of halogens is 1. The third-order valence-corrected chi connectivity index (χ3v) is 10.4. The molecule has 2 atom stereocenters. The first-order valence-corrected chi connectivity index (χ1v) is 17.5. The van der Waals surface area contributed by atoms with Crippen LogP contribution in [-0.2, 0) is 22.4 Å². The minimum Gasteiger partial charge on any atom is -0.399 e. The predicted octanol–water partition coefficient (Wildman–Crippen LogP) is 4.91. The van der Waals surface area contributed by atoms with E-state index in [0.29, 0.717) is 17.2 Å². The number of rotatable bonds is 4. The summed E-state index contributed by atoms with van der Waals surface area (Å²) in [4.78, 5) is 13.8. The first kappa shape index (κ1) is 32.7. The molecule has 5 aliphatic heterocycles. The van der Waals surface area contributed by atoms with Crippen molar-refractivity contribution in [2.75, 3.05) is 46.6 Å². The smallest absolute Gasteiger partial charge is 0.399 e. The van der Waals surface area contributed by atoms with Gasteiger partial charge in [-0.05, 0) is 78.6 Å². The molecule has 5 aliphatic rings. The summed E-state index contributed by atoms with van der Waals surface area (Å²) >= 11 is 5.82. The highest BCUT2D eigenvalue weighted by Gasteiger charge is 2.52. The number of nitrogens with zero attached hydrogens (tertiary/aromatic N) is 8. The van der Waals surface area contributed by atoms with Gasteiger partial charge in [0, 0.05) is 81.0 Å². The molecule has 3 fully saturated rings. The summed E-state index contributed by atoms with van der Waals surface area (Å²) in [5.74, 6) is 1.97. The SMILES string of the molecule is CCn1cc(-c2ccc3c(n2)N[C@H]2CCN3C2)cn1.CCn1cc(B2OC(C)(C)C(C)(C)O2)cn1.Clc1ccc2c(n1)N[C@H]1CCN2C1. The lowest BCUT2D eigenvalue weighted by Crippen LogP contribution is -2.41. The van der Waals surface area contributed by atoms with Crippen LogP contribution in [0.1, 0.15) is 54.4 Å². The summed E-state index contributed by atoms with van der Waals surface area (Å²) in [6, 6.07) is 9.29. The first-order chi connectivity index (χ1) is 23.0. The Bertz CT molecular complexity index is 1740. The van der Waals surface area contributed by atoms with Gasteiger partial charge in [0.2, 0.25) is 0 Å². The molecule has 4 bridgehead atoms. The Hall–Kier alpha value is -3.81. The number of pyridine rings is 2. The lowest BCUT2D eigenvalue weighted by molar-refractivity contribution is 0.00578. The number of anilines is 4. The molecular weight excluding hydrogens is 627 g/mol. The van der Waals surface area contributed by atoms with Crippen LogP contribution in [0.25, 0.3) is 11.3 Å². The predicted molar refractivity (Wildman–Crippen MR) is 192 cm³/mol. The van der Waals surface area contributed by atoms with Crippen molar-refractivity contribution in [3.63, 3.8) is 0 Å². The van der Waals surface area contributed by atoms with E-state index >= 15 is 0 Å². The van der Waals surface area contributed by atoms with Crippen LogP contribution in [0.15, 0.2) is 49.1 Å². The van der Waals surface area contributed by atoms with E-state index in [0.717, 1.165) is 67.6 Å². The van der Waals surface area contributed by atoms with E-state index in [-0.39, 0.29) is 18.3 Å². The molecule has 0 aliphatic carbocycles. The standard InChI is InChI=1S/C14H17N5.C11H19BN2O2.C9H10ClN3/c1-2-19-8-10(7-15-19)12-3-4-13-14(17-12)16-11-5-6-18(13)9-11;1-6-14-8-9(7-13-14)12-15-10(2,3)11(4,5)16-12;10-8-2-1-7-9(12-8)11-6-3-4-13(7)5-6/h3-4,7-8,11H,2,5-6,9H2,1H3,(H,16,17);7-8H,6H2,1-5H3;1-2,6H,3-5H2,(H,11,12)/t11-;;6-/m0.0/s1. The summed E-state index contributed by atoms with van der Waals surface area (Å²) in [6.07, 6.45) is 10.1. The number of aromatic nitrogens is 6. The van der Waals surface area contributed by atoms with Gasteiger partial charge in [0.05, 0.1) is 34.5 Å². The molecule has 254 valence electrons. The molecule has 0 amide bonds. The lowest BCUT2D eigenvalue weighted by atomic mass is 9.82. The van der Waals surface area contributed by atoms with Crippen LogP contribution in [0.2, 0.25) is 5.15 Å². The molecule has 48 heavy (non-hydrogen) atoms. The summed E-state index contributed by atoms with van der Waals surface area (Å²) < 4.78 is 15.7. The van der Waals surface area contributed by atoms with E-state index in [1.165, 1.54) is 24.2 Å². The van der Waals surface area contributed by atoms with E-state index < -0.39 is 0 Å². The molecule has 0 saturated carbocycles. The summed E-state index contributed by atoms with van der Waals surface area (Å²) in [7, 11) is -0.301. The van der Waals surface area contributed by atoms with E-state index in [4.69, 9.17) is 25.9 Å². The second-order valence-corrected chi connectivity index (χ2v) is 14.4. The molecule has 0 radical (unpaired) electrons. The van der Waals surface area contributed by atoms with Crippen molar-refractivity contribution in [2.24, 2.45) is 0 Å². The zero-order valence-corrected chi connectivity index (χ0v) is 29.5. The van der Waals surface area contributed by atoms with Gasteiger partial charge in [-0.2, -0.15) is 10.2 Å². The maximum atomic E-state index is 5.93. The average Bonchev–Trinajstić information content (AvgIpc) is 3.90. The highest BCUT2D eigenvalue weighted by molar-refractivity contribution is 6.62. The van der Waals surface area contributed by atoms with E-state index in [9.17, 15) is 0 Å². The maximum absolute atomic E-state index is 5.93. The van der Waals surface area contributed by atoms with Crippen molar-refractivity contribution in [1.29, 1.82) is 0 Å². The molecule has 0 spiro atoms. The van der Waals surface area contributed by atoms with Crippen LogP contribution < -0.4 is 25.9 Å². The van der Waals surface area contributed by atoms with Gasteiger partial charge in [-0.3, -0.25) is 9.36 Å². The quantitative estimate of drug-likeness (QED) is 0.229. The summed E-state index contributed by atoms with van der Waals surface area (Å²) in [6.45, 7) is 18.6. The van der Waals surface area contributed by atoms with Crippen molar-refractivity contribution in [2.45, 2.75) is 90.8 Å². The van der Waals surface area contributed by atoms with Gasteiger partial charge in [0.25, 0.3) is 0 Å². The molecule has 9 heterocycles. The van der Waals surface area contributed by atoms with Gasteiger partial charge in [-0.25, -0.2) is 9.97 Å². The Morgan fingerprint density at radius 1 is 0.792 bits per heavy atom. The first-order valence-electron chi connectivity index (χ1n) is 17.1. The summed E-state index contributed by atoms with van der Waals surface area (Å²) in [5, 5.41) is 16.0. The van der Waals surface area contributed by atoms with Crippen molar-refractivity contribution in [3.05, 3.63) is 54.2 Å². The second-order valence-electron chi connectivity index (χ2n) is 14.0. The molecule has 0 aromatic carbocycles. The van der Waals surface area contributed by atoms with Gasteiger partial charge in [0.1, 0.15) is 5.15 Å². The lowest BCUT2D eigenvalue weighted by Gasteiger charge is -2.32. The van der Waals surface area contributed by atoms with E-state index in [2.05, 4.69) is 89.3 Å². The fraction of sp³-hybridized carbons (Fsp3) is 0.529. The highest BCUT2D eigenvalue weighted by atomic mass is 35.5. The van der Waals surface area contributed by atoms with Crippen LogP contribution in [0.3, 0.4) is 0 Å². The minimum atomic E-state index is -0.301. The number of aryl methyl sites for hydroxylation is 2. The fourth-order valence-electron chi connectivity index (χ4n) is 6.67. The molecule has 4 aromatic rings.